The quantitative estimate of drug-likeness (QED) is 0.928. The first-order chi connectivity index (χ1) is 11.1. The number of rotatable bonds is 4. The highest BCUT2D eigenvalue weighted by molar-refractivity contribution is 6.30. The van der Waals surface area contributed by atoms with Crippen LogP contribution in [0.4, 0.5) is 0 Å². The summed E-state index contributed by atoms with van der Waals surface area (Å²) < 4.78 is 11.0. The van der Waals surface area contributed by atoms with Gasteiger partial charge in [-0.05, 0) is 50.5 Å². The summed E-state index contributed by atoms with van der Waals surface area (Å²) in [6.45, 7) is 2.78. The van der Waals surface area contributed by atoms with E-state index in [0.717, 1.165) is 24.8 Å². The van der Waals surface area contributed by atoms with Gasteiger partial charge in [0.25, 0.3) is 5.91 Å². The van der Waals surface area contributed by atoms with Gasteiger partial charge in [-0.25, -0.2) is 0 Å². The van der Waals surface area contributed by atoms with Gasteiger partial charge in [-0.3, -0.25) is 4.79 Å². The number of aromatic nitrogens is 1. The van der Waals surface area contributed by atoms with E-state index in [2.05, 4.69) is 10.5 Å². The Morgan fingerprint density at radius 2 is 2.13 bits per heavy atom. The monoisotopic (exact) mass is 334 g/mol. The van der Waals surface area contributed by atoms with E-state index in [0.29, 0.717) is 29.6 Å². The zero-order valence-electron chi connectivity index (χ0n) is 13.0. The molecular weight excluding hydrogens is 316 g/mol. The van der Waals surface area contributed by atoms with Crippen molar-refractivity contribution in [2.24, 2.45) is 0 Å². The summed E-state index contributed by atoms with van der Waals surface area (Å²) in [5.41, 5.74) is 0.825. The molecule has 1 aromatic heterocycles. The van der Waals surface area contributed by atoms with Crippen LogP contribution in [0.2, 0.25) is 5.02 Å². The molecule has 1 fully saturated rings. The van der Waals surface area contributed by atoms with Gasteiger partial charge < -0.3 is 14.6 Å². The molecule has 1 aliphatic rings. The zero-order chi connectivity index (χ0) is 16.3. The van der Waals surface area contributed by atoms with Crippen LogP contribution < -0.4 is 5.32 Å². The van der Waals surface area contributed by atoms with Crippen LogP contribution in [0.25, 0.3) is 11.3 Å². The number of nitrogens with zero attached hydrogens (tertiary/aromatic N) is 1. The maximum Gasteiger partial charge on any atom is 0.252 e. The van der Waals surface area contributed by atoms with Crippen molar-refractivity contribution in [3.63, 3.8) is 0 Å². The van der Waals surface area contributed by atoms with E-state index < -0.39 is 5.60 Å². The third kappa shape index (κ3) is 3.74. The molecule has 1 amide bonds. The van der Waals surface area contributed by atoms with Crippen molar-refractivity contribution in [3.05, 3.63) is 41.0 Å². The highest BCUT2D eigenvalue weighted by Gasteiger charge is 2.35. The van der Waals surface area contributed by atoms with Crippen LogP contribution in [0.15, 0.2) is 34.9 Å². The molecule has 0 saturated carbocycles. The molecule has 0 spiro atoms. The van der Waals surface area contributed by atoms with Crippen LogP contribution in [-0.2, 0) is 16.1 Å². The molecule has 2 aromatic rings. The first kappa shape index (κ1) is 16.0. The van der Waals surface area contributed by atoms with E-state index in [1.807, 2.05) is 25.1 Å². The van der Waals surface area contributed by atoms with Gasteiger partial charge in [0, 0.05) is 23.3 Å². The Morgan fingerprint density at radius 3 is 2.83 bits per heavy atom. The molecule has 1 aliphatic heterocycles. The Hall–Kier alpha value is -1.85. The lowest BCUT2D eigenvalue weighted by Gasteiger charge is -2.32. The summed E-state index contributed by atoms with van der Waals surface area (Å²) in [6, 6.07) is 9.13. The van der Waals surface area contributed by atoms with Crippen LogP contribution in [0.5, 0.6) is 0 Å². The lowest BCUT2D eigenvalue weighted by atomic mass is 9.95. The number of carbonyl (C=O) groups is 1. The van der Waals surface area contributed by atoms with E-state index in [4.69, 9.17) is 20.9 Å². The number of ether oxygens (including phenoxy) is 1. The summed E-state index contributed by atoms with van der Waals surface area (Å²) in [5.74, 6) is 0.541. The SMILES string of the molecule is C[C@@]1(C(=O)NCc2cc(-c3ccc(Cl)cc3)on2)CCCCO1. The fourth-order valence-electron chi connectivity index (χ4n) is 2.62. The molecule has 1 aromatic carbocycles. The summed E-state index contributed by atoms with van der Waals surface area (Å²) in [5, 5.41) is 7.53. The minimum Gasteiger partial charge on any atom is -0.365 e. The number of nitrogens with one attached hydrogen (secondary N) is 1. The predicted octanol–water partition coefficient (Wildman–Crippen LogP) is 3.57. The zero-order valence-corrected chi connectivity index (χ0v) is 13.7. The Morgan fingerprint density at radius 1 is 1.35 bits per heavy atom. The molecule has 122 valence electrons. The normalized spacial score (nSPS) is 21.1. The Kier molecular flexibility index (Phi) is 4.68. The topological polar surface area (TPSA) is 64.4 Å². The molecule has 23 heavy (non-hydrogen) atoms. The predicted molar refractivity (Wildman–Crippen MR) is 87.0 cm³/mol. The number of benzene rings is 1. The number of hydrogen-bond donors (Lipinski definition) is 1. The summed E-state index contributed by atoms with van der Waals surface area (Å²) in [7, 11) is 0. The second-order valence-corrected chi connectivity index (χ2v) is 6.34. The largest absolute Gasteiger partial charge is 0.365 e. The van der Waals surface area contributed by atoms with Crippen LogP contribution >= 0.6 is 11.6 Å². The van der Waals surface area contributed by atoms with E-state index >= 15 is 0 Å². The van der Waals surface area contributed by atoms with Gasteiger partial charge in [0.05, 0.1) is 6.54 Å². The van der Waals surface area contributed by atoms with Crippen molar-refractivity contribution in [1.82, 2.24) is 10.5 Å². The number of halogens is 1. The Bertz CT molecular complexity index is 675. The molecule has 0 unspecified atom stereocenters. The van der Waals surface area contributed by atoms with Gasteiger partial charge in [-0.15, -0.1) is 0 Å². The van der Waals surface area contributed by atoms with Gasteiger partial charge >= 0.3 is 0 Å². The molecule has 5 nitrogen and oxygen atoms in total. The van der Waals surface area contributed by atoms with Crippen molar-refractivity contribution in [3.8, 4) is 11.3 Å². The van der Waals surface area contributed by atoms with Crippen LogP contribution in [0.1, 0.15) is 31.9 Å². The molecule has 6 heteroatoms. The van der Waals surface area contributed by atoms with Crippen molar-refractivity contribution in [1.29, 1.82) is 0 Å². The van der Waals surface area contributed by atoms with E-state index in [9.17, 15) is 4.79 Å². The van der Waals surface area contributed by atoms with Gasteiger partial charge in [-0.2, -0.15) is 0 Å². The molecule has 3 rings (SSSR count). The molecule has 1 N–H and O–H groups in total. The maximum atomic E-state index is 12.3. The molecule has 0 bridgehead atoms. The lowest BCUT2D eigenvalue weighted by Crippen LogP contribution is -2.48. The van der Waals surface area contributed by atoms with Crippen molar-refractivity contribution < 1.29 is 14.1 Å². The third-order valence-corrected chi connectivity index (χ3v) is 4.32. The first-order valence-corrected chi connectivity index (χ1v) is 8.08. The fourth-order valence-corrected chi connectivity index (χ4v) is 2.74. The second-order valence-electron chi connectivity index (χ2n) is 5.91. The number of amides is 1. The Balaban J connectivity index is 1.61. The second kappa shape index (κ2) is 6.72. The smallest absolute Gasteiger partial charge is 0.252 e. The standard InChI is InChI=1S/C17H19ClN2O3/c1-17(8-2-3-9-22-17)16(21)19-11-14-10-15(23-20-14)12-4-6-13(18)7-5-12/h4-7,10H,2-3,8-9,11H2,1H3,(H,19,21)/t17-/m0/s1. The van der Waals surface area contributed by atoms with Crippen LogP contribution in [0.3, 0.4) is 0 Å². The number of carbonyl (C=O) groups excluding carboxylic acids is 1. The van der Waals surface area contributed by atoms with Gasteiger partial charge in [0.15, 0.2) is 5.76 Å². The van der Waals surface area contributed by atoms with E-state index in [1.165, 1.54) is 0 Å². The minimum absolute atomic E-state index is 0.103. The van der Waals surface area contributed by atoms with Gasteiger partial charge in [0.1, 0.15) is 11.3 Å². The van der Waals surface area contributed by atoms with Gasteiger partial charge in [-0.1, -0.05) is 16.8 Å². The van der Waals surface area contributed by atoms with Crippen molar-refractivity contribution in [2.45, 2.75) is 38.3 Å². The summed E-state index contributed by atoms with van der Waals surface area (Å²) in [6.07, 6.45) is 2.76. The average Bonchev–Trinajstić information content (AvgIpc) is 3.03. The highest BCUT2D eigenvalue weighted by Crippen LogP contribution is 2.25. The van der Waals surface area contributed by atoms with E-state index in [-0.39, 0.29) is 5.91 Å². The Labute approximate surface area is 139 Å². The van der Waals surface area contributed by atoms with Gasteiger partial charge in [0.2, 0.25) is 0 Å². The molecule has 1 atom stereocenters. The molecule has 0 radical (unpaired) electrons. The maximum absolute atomic E-state index is 12.3. The molecule has 1 saturated heterocycles. The van der Waals surface area contributed by atoms with Crippen molar-refractivity contribution in [2.75, 3.05) is 6.61 Å². The molecular formula is C17H19ClN2O3. The lowest BCUT2D eigenvalue weighted by molar-refractivity contribution is -0.150. The highest BCUT2D eigenvalue weighted by atomic mass is 35.5. The first-order valence-electron chi connectivity index (χ1n) is 7.71. The van der Waals surface area contributed by atoms with E-state index in [1.54, 1.807) is 12.1 Å². The molecule has 0 aliphatic carbocycles. The fraction of sp³-hybridized carbons (Fsp3) is 0.412. The molecule has 2 heterocycles. The van der Waals surface area contributed by atoms with Crippen molar-refractivity contribution >= 4 is 17.5 Å². The minimum atomic E-state index is -0.735. The summed E-state index contributed by atoms with van der Waals surface area (Å²) >= 11 is 5.87. The summed E-state index contributed by atoms with van der Waals surface area (Å²) in [4.78, 5) is 12.3. The third-order valence-electron chi connectivity index (χ3n) is 4.07. The van der Waals surface area contributed by atoms with Crippen LogP contribution in [-0.4, -0.2) is 23.3 Å². The van der Waals surface area contributed by atoms with Crippen LogP contribution in [0, 0.1) is 0 Å². The number of hydrogen-bond acceptors (Lipinski definition) is 4. The average molecular weight is 335 g/mol.